The van der Waals surface area contributed by atoms with Crippen LogP contribution in [0.5, 0.6) is 11.5 Å². The summed E-state index contributed by atoms with van der Waals surface area (Å²) in [6.07, 6.45) is 1.31. The monoisotopic (exact) mass is 376 g/mol. The molecule has 3 amide bonds. The van der Waals surface area contributed by atoms with Crippen LogP contribution in [0.15, 0.2) is 18.2 Å². The third-order valence-electron chi connectivity index (χ3n) is 5.19. The van der Waals surface area contributed by atoms with Gasteiger partial charge in [-0.2, -0.15) is 0 Å². The van der Waals surface area contributed by atoms with Gasteiger partial charge in [-0.15, -0.1) is 0 Å². The highest BCUT2D eigenvalue weighted by Crippen LogP contribution is 2.35. The summed E-state index contributed by atoms with van der Waals surface area (Å²) in [4.78, 5) is 38.2. The maximum Gasteiger partial charge on any atom is 0.240 e. The van der Waals surface area contributed by atoms with Gasteiger partial charge in [0.05, 0.1) is 20.3 Å². The van der Waals surface area contributed by atoms with E-state index < -0.39 is 5.91 Å². The Morgan fingerprint density at radius 1 is 1.22 bits per heavy atom. The van der Waals surface area contributed by atoms with E-state index in [9.17, 15) is 14.4 Å². The van der Waals surface area contributed by atoms with Crippen molar-refractivity contribution in [1.82, 2.24) is 10.2 Å². The van der Waals surface area contributed by atoms with Gasteiger partial charge in [-0.1, -0.05) is 13.8 Å². The Kier molecular flexibility index (Phi) is 6.46. The molecule has 1 atom stereocenters. The zero-order valence-electron chi connectivity index (χ0n) is 16.6. The Morgan fingerprint density at radius 3 is 2.37 bits per heavy atom. The molecule has 1 aromatic rings. The average Bonchev–Trinajstić information content (AvgIpc) is 2.64. The van der Waals surface area contributed by atoms with Crippen molar-refractivity contribution in [3.63, 3.8) is 0 Å². The standard InChI is InChI=1S/C20H28N2O5/c1-6-20(3)10-18(24)22(19(25)11-20)12-17(23)21-13(2)15-9-14(26-4)7-8-16(15)27-5/h7-9,13H,6,10-12H2,1-5H3,(H,21,23). The number of carbonyl (C=O) groups is 3. The minimum absolute atomic E-state index is 0.270. The fourth-order valence-electron chi connectivity index (χ4n) is 3.24. The molecule has 1 saturated heterocycles. The van der Waals surface area contributed by atoms with E-state index in [2.05, 4.69) is 5.32 Å². The molecule has 0 aromatic heterocycles. The first-order chi connectivity index (χ1) is 12.7. The Morgan fingerprint density at radius 2 is 1.85 bits per heavy atom. The molecule has 148 valence electrons. The summed E-state index contributed by atoms with van der Waals surface area (Å²) >= 11 is 0. The highest BCUT2D eigenvalue weighted by atomic mass is 16.5. The third kappa shape index (κ3) is 4.78. The summed E-state index contributed by atoms with van der Waals surface area (Å²) in [5, 5.41) is 2.82. The number of hydrogen-bond acceptors (Lipinski definition) is 5. The van der Waals surface area contributed by atoms with Crippen LogP contribution in [0.1, 0.15) is 51.6 Å². The molecule has 7 heteroatoms. The Balaban J connectivity index is 2.05. The van der Waals surface area contributed by atoms with Gasteiger partial charge >= 0.3 is 0 Å². The number of likely N-dealkylation sites (tertiary alicyclic amines) is 1. The molecular formula is C20H28N2O5. The van der Waals surface area contributed by atoms with Gasteiger partial charge in [-0.05, 0) is 37.0 Å². The first-order valence-corrected chi connectivity index (χ1v) is 9.07. The molecule has 0 bridgehead atoms. The van der Waals surface area contributed by atoms with Gasteiger partial charge < -0.3 is 14.8 Å². The molecular weight excluding hydrogens is 348 g/mol. The van der Waals surface area contributed by atoms with E-state index in [1.54, 1.807) is 32.4 Å². The lowest BCUT2D eigenvalue weighted by Crippen LogP contribution is -2.50. The van der Waals surface area contributed by atoms with E-state index in [0.717, 1.165) is 16.9 Å². The number of ether oxygens (including phenoxy) is 2. The number of carbonyl (C=O) groups excluding carboxylic acids is 3. The largest absolute Gasteiger partial charge is 0.497 e. The summed E-state index contributed by atoms with van der Waals surface area (Å²) in [7, 11) is 3.11. The van der Waals surface area contributed by atoms with Crippen LogP contribution in [0.3, 0.4) is 0 Å². The Labute approximate surface area is 160 Å². The van der Waals surface area contributed by atoms with Crippen molar-refractivity contribution in [3.8, 4) is 11.5 Å². The molecule has 0 spiro atoms. The van der Waals surface area contributed by atoms with Gasteiger partial charge in [0, 0.05) is 18.4 Å². The zero-order chi connectivity index (χ0) is 20.2. The molecule has 1 N–H and O–H groups in total. The van der Waals surface area contributed by atoms with Crippen molar-refractivity contribution < 1.29 is 23.9 Å². The van der Waals surface area contributed by atoms with Gasteiger partial charge in [0.1, 0.15) is 18.0 Å². The molecule has 1 unspecified atom stereocenters. The van der Waals surface area contributed by atoms with Crippen LogP contribution in [0.25, 0.3) is 0 Å². The fraction of sp³-hybridized carbons (Fsp3) is 0.550. The van der Waals surface area contributed by atoms with Crippen molar-refractivity contribution in [1.29, 1.82) is 0 Å². The van der Waals surface area contributed by atoms with Crippen LogP contribution >= 0.6 is 0 Å². The lowest BCUT2D eigenvalue weighted by Gasteiger charge is -2.36. The molecule has 27 heavy (non-hydrogen) atoms. The number of nitrogens with one attached hydrogen (secondary N) is 1. The molecule has 1 aliphatic heterocycles. The maximum absolute atomic E-state index is 12.4. The molecule has 1 aromatic carbocycles. The van der Waals surface area contributed by atoms with Crippen molar-refractivity contribution in [2.45, 2.75) is 46.1 Å². The molecule has 7 nitrogen and oxygen atoms in total. The summed E-state index contributed by atoms with van der Waals surface area (Å²) in [5.74, 6) is 0.281. The molecule has 2 rings (SSSR count). The average molecular weight is 376 g/mol. The minimum atomic E-state index is -0.394. The van der Waals surface area contributed by atoms with Crippen molar-refractivity contribution in [2.75, 3.05) is 20.8 Å². The second-order valence-corrected chi connectivity index (χ2v) is 7.29. The number of nitrogens with zero attached hydrogens (tertiary/aromatic N) is 1. The third-order valence-corrected chi connectivity index (χ3v) is 5.19. The highest BCUT2D eigenvalue weighted by molar-refractivity contribution is 6.01. The second-order valence-electron chi connectivity index (χ2n) is 7.29. The highest BCUT2D eigenvalue weighted by Gasteiger charge is 2.40. The lowest BCUT2D eigenvalue weighted by atomic mass is 9.77. The van der Waals surface area contributed by atoms with Gasteiger partial charge in [0.15, 0.2) is 0 Å². The van der Waals surface area contributed by atoms with E-state index in [1.165, 1.54) is 0 Å². The maximum atomic E-state index is 12.4. The van der Waals surface area contributed by atoms with Crippen LogP contribution in [-0.4, -0.2) is 43.4 Å². The lowest BCUT2D eigenvalue weighted by molar-refractivity contribution is -0.155. The smallest absolute Gasteiger partial charge is 0.240 e. The van der Waals surface area contributed by atoms with Crippen molar-refractivity contribution in [2.24, 2.45) is 5.41 Å². The molecule has 1 heterocycles. The second kappa shape index (κ2) is 8.41. The number of benzene rings is 1. The fourth-order valence-corrected chi connectivity index (χ4v) is 3.24. The van der Waals surface area contributed by atoms with Crippen LogP contribution < -0.4 is 14.8 Å². The first kappa shape index (κ1) is 20.7. The summed E-state index contributed by atoms with van der Waals surface area (Å²) < 4.78 is 10.6. The predicted molar refractivity (Wildman–Crippen MR) is 100 cm³/mol. The number of amides is 3. The predicted octanol–water partition coefficient (Wildman–Crippen LogP) is 2.45. The van der Waals surface area contributed by atoms with Crippen LogP contribution in [0, 0.1) is 5.41 Å². The number of piperidine rings is 1. The molecule has 0 aliphatic carbocycles. The Hall–Kier alpha value is -2.57. The van der Waals surface area contributed by atoms with Crippen LogP contribution in [0.2, 0.25) is 0 Å². The normalized spacial score (nSPS) is 17.4. The first-order valence-electron chi connectivity index (χ1n) is 9.07. The van der Waals surface area contributed by atoms with E-state index in [0.29, 0.717) is 11.5 Å². The number of hydrogen-bond donors (Lipinski definition) is 1. The zero-order valence-corrected chi connectivity index (χ0v) is 16.6. The summed E-state index contributed by atoms with van der Waals surface area (Å²) in [6, 6.07) is 4.94. The minimum Gasteiger partial charge on any atom is -0.497 e. The summed E-state index contributed by atoms with van der Waals surface area (Å²) in [6.45, 7) is 5.43. The number of rotatable bonds is 7. The van der Waals surface area contributed by atoms with Gasteiger partial charge in [0.2, 0.25) is 17.7 Å². The molecule has 1 fully saturated rings. The van der Waals surface area contributed by atoms with Crippen LogP contribution in [0.4, 0.5) is 0 Å². The van der Waals surface area contributed by atoms with Gasteiger partial charge in [-0.25, -0.2) is 0 Å². The van der Waals surface area contributed by atoms with Gasteiger partial charge in [0.25, 0.3) is 0 Å². The van der Waals surface area contributed by atoms with E-state index in [-0.39, 0.29) is 42.7 Å². The Bertz CT molecular complexity index is 713. The topological polar surface area (TPSA) is 84.9 Å². The molecule has 0 saturated carbocycles. The SMILES string of the molecule is CCC1(C)CC(=O)N(CC(=O)NC(C)c2cc(OC)ccc2OC)C(=O)C1. The molecule has 0 radical (unpaired) electrons. The number of methoxy groups -OCH3 is 2. The number of imide groups is 1. The van der Waals surface area contributed by atoms with Crippen molar-refractivity contribution >= 4 is 17.7 Å². The van der Waals surface area contributed by atoms with Crippen LogP contribution in [-0.2, 0) is 14.4 Å². The van der Waals surface area contributed by atoms with E-state index in [4.69, 9.17) is 9.47 Å². The summed E-state index contributed by atoms with van der Waals surface area (Å²) in [5.41, 5.74) is 0.433. The van der Waals surface area contributed by atoms with Crippen molar-refractivity contribution in [3.05, 3.63) is 23.8 Å². The van der Waals surface area contributed by atoms with E-state index in [1.807, 2.05) is 20.8 Å². The van der Waals surface area contributed by atoms with E-state index >= 15 is 0 Å². The quantitative estimate of drug-likeness (QED) is 0.739. The molecule has 1 aliphatic rings. The van der Waals surface area contributed by atoms with Gasteiger partial charge in [-0.3, -0.25) is 19.3 Å².